The Kier molecular flexibility index (Phi) is 5.06. The summed E-state index contributed by atoms with van der Waals surface area (Å²) in [7, 11) is -3.47. The molecule has 0 fully saturated rings. The van der Waals surface area contributed by atoms with Crippen molar-refractivity contribution in [2.75, 3.05) is 16.8 Å². The molecule has 0 aliphatic rings. The zero-order valence-electron chi connectivity index (χ0n) is 10.4. The van der Waals surface area contributed by atoms with Gasteiger partial charge in [0.25, 0.3) is 0 Å². The van der Waals surface area contributed by atoms with E-state index < -0.39 is 21.0 Å². The lowest BCUT2D eigenvalue weighted by atomic mass is 10.2. The van der Waals surface area contributed by atoms with Crippen LogP contribution in [0.1, 0.15) is 13.8 Å². The molecule has 0 bridgehead atoms. The molecule has 0 saturated heterocycles. The first-order valence-electron chi connectivity index (χ1n) is 5.46. The number of amides is 1. The van der Waals surface area contributed by atoms with E-state index in [1.165, 1.54) is 26.0 Å². The summed E-state index contributed by atoms with van der Waals surface area (Å²) < 4.78 is 23.2. The maximum Gasteiger partial charge on any atom is 0.242 e. The fraction of sp³-hybridized carbons (Fsp3) is 0.364. The number of nitrogens with two attached hydrogens (primary N) is 1. The normalized spacial score (nSPS) is 13.1. The molecule has 1 amide bonds. The number of hydrogen-bond donors (Lipinski definition) is 2. The molecule has 0 saturated carbocycles. The first-order valence-corrected chi connectivity index (χ1v) is 7.93. The molecule has 1 unspecified atom stereocenters. The molecule has 1 aromatic carbocycles. The van der Waals surface area contributed by atoms with E-state index in [-0.39, 0.29) is 21.5 Å². The van der Waals surface area contributed by atoms with Gasteiger partial charge in [0.2, 0.25) is 5.91 Å². The van der Waals surface area contributed by atoms with E-state index in [1.807, 2.05) is 0 Å². The van der Waals surface area contributed by atoms with Gasteiger partial charge in [-0.15, -0.1) is 0 Å². The van der Waals surface area contributed by atoms with E-state index in [4.69, 9.17) is 28.9 Å². The minimum Gasteiger partial charge on any atom is -0.399 e. The predicted octanol–water partition coefficient (Wildman–Crippen LogP) is 2.34. The summed E-state index contributed by atoms with van der Waals surface area (Å²) in [6.07, 6.45) is 0. The van der Waals surface area contributed by atoms with Crippen molar-refractivity contribution in [3.05, 3.63) is 22.2 Å². The van der Waals surface area contributed by atoms with Crippen LogP contribution in [-0.2, 0) is 14.6 Å². The standard InChI is InChI=1S/C11H14Cl2N2O3S/c1-3-19(17,18)6(2)11(16)15-10-8(12)4-7(14)5-9(10)13/h4-6H,3,14H2,1-2H3,(H,15,16). The molecule has 3 N–H and O–H groups in total. The Labute approximate surface area is 122 Å². The second kappa shape index (κ2) is 5.98. The molecule has 1 atom stereocenters. The maximum absolute atomic E-state index is 11.9. The lowest BCUT2D eigenvalue weighted by Gasteiger charge is -2.14. The summed E-state index contributed by atoms with van der Waals surface area (Å²) in [4.78, 5) is 11.9. The average Bonchev–Trinajstić information content (AvgIpc) is 2.32. The highest BCUT2D eigenvalue weighted by molar-refractivity contribution is 7.92. The van der Waals surface area contributed by atoms with Gasteiger partial charge in [-0.05, 0) is 19.1 Å². The van der Waals surface area contributed by atoms with E-state index in [0.29, 0.717) is 5.69 Å². The van der Waals surface area contributed by atoms with Gasteiger partial charge in [0.15, 0.2) is 9.84 Å². The van der Waals surface area contributed by atoms with Crippen LogP contribution in [0.5, 0.6) is 0 Å². The molecule has 19 heavy (non-hydrogen) atoms. The molecular formula is C11H14Cl2N2O3S. The van der Waals surface area contributed by atoms with Gasteiger partial charge < -0.3 is 11.1 Å². The summed E-state index contributed by atoms with van der Waals surface area (Å²) in [5, 5.41) is 1.53. The van der Waals surface area contributed by atoms with E-state index in [2.05, 4.69) is 5.32 Å². The molecule has 0 heterocycles. The van der Waals surface area contributed by atoms with Gasteiger partial charge in [-0.1, -0.05) is 30.1 Å². The molecule has 1 rings (SSSR count). The number of nitrogens with one attached hydrogen (secondary N) is 1. The fourth-order valence-corrected chi connectivity index (χ4v) is 2.83. The molecule has 1 aromatic rings. The highest BCUT2D eigenvalue weighted by atomic mass is 35.5. The molecule has 0 aliphatic heterocycles. The summed E-state index contributed by atoms with van der Waals surface area (Å²) in [6, 6.07) is 2.84. The quantitative estimate of drug-likeness (QED) is 0.832. The van der Waals surface area contributed by atoms with E-state index in [1.54, 1.807) is 0 Å². The third-order valence-corrected chi connectivity index (χ3v) is 5.32. The monoisotopic (exact) mass is 324 g/mol. The van der Waals surface area contributed by atoms with Gasteiger partial charge in [0.05, 0.1) is 15.7 Å². The number of rotatable bonds is 4. The summed E-state index contributed by atoms with van der Waals surface area (Å²) >= 11 is 11.8. The van der Waals surface area contributed by atoms with Crippen molar-refractivity contribution < 1.29 is 13.2 Å². The number of carbonyl (C=O) groups excluding carboxylic acids is 1. The first-order chi connectivity index (χ1) is 8.69. The van der Waals surface area contributed by atoms with Gasteiger partial charge in [0, 0.05) is 11.4 Å². The largest absolute Gasteiger partial charge is 0.399 e. The number of carbonyl (C=O) groups is 1. The first kappa shape index (κ1) is 16.1. The van der Waals surface area contributed by atoms with Crippen LogP contribution in [0.15, 0.2) is 12.1 Å². The van der Waals surface area contributed by atoms with Crippen molar-refractivity contribution in [3.8, 4) is 0 Å². The van der Waals surface area contributed by atoms with Crippen LogP contribution in [0.2, 0.25) is 10.0 Å². The Balaban J connectivity index is 3.02. The topological polar surface area (TPSA) is 89.3 Å². The van der Waals surface area contributed by atoms with Gasteiger partial charge in [-0.2, -0.15) is 0 Å². The van der Waals surface area contributed by atoms with Crippen molar-refractivity contribution in [2.24, 2.45) is 0 Å². The number of sulfone groups is 1. The second-order valence-electron chi connectivity index (χ2n) is 3.94. The van der Waals surface area contributed by atoms with E-state index in [9.17, 15) is 13.2 Å². The van der Waals surface area contributed by atoms with Crippen LogP contribution in [0, 0.1) is 0 Å². The highest BCUT2D eigenvalue weighted by Crippen LogP contribution is 2.33. The van der Waals surface area contributed by atoms with Crippen LogP contribution < -0.4 is 11.1 Å². The number of benzene rings is 1. The van der Waals surface area contributed by atoms with Crippen LogP contribution in [0.3, 0.4) is 0 Å². The molecule has 0 aliphatic carbocycles. The Morgan fingerprint density at radius 2 is 1.84 bits per heavy atom. The zero-order valence-corrected chi connectivity index (χ0v) is 12.7. The van der Waals surface area contributed by atoms with Crippen LogP contribution >= 0.6 is 23.2 Å². The summed E-state index contributed by atoms with van der Waals surface area (Å²) in [5.74, 6) is -0.805. The number of hydrogen-bond acceptors (Lipinski definition) is 4. The van der Waals surface area contributed by atoms with E-state index in [0.717, 1.165) is 0 Å². The molecule has 0 spiro atoms. The zero-order chi connectivity index (χ0) is 14.8. The Morgan fingerprint density at radius 3 is 2.26 bits per heavy atom. The lowest BCUT2D eigenvalue weighted by Crippen LogP contribution is -2.33. The SMILES string of the molecule is CCS(=O)(=O)C(C)C(=O)Nc1c(Cl)cc(N)cc1Cl. The number of anilines is 2. The minimum atomic E-state index is -3.47. The number of nitrogen functional groups attached to an aromatic ring is 1. The lowest BCUT2D eigenvalue weighted by molar-refractivity contribution is -0.115. The Morgan fingerprint density at radius 1 is 1.37 bits per heavy atom. The van der Waals surface area contributed by atoms with Crippen molar-refractivity contribution in [1.82, 2.24) is 0 Å². The van der Waals surface area contributed by atoms with Gasteiger partial charge in [0.1, 0.15) is 5.25 Å². The third kappa shape index (κ3) is 3.75. The maximum atomic E-state index is 11.9. The average molecular weight is 325 g/mol. The minimum absolute atomic E-state index is 0.120. The fourth-order valence-electron chi connectivity index (χ4n) is 1.35. The van der Waals surface area contributed by atoms with Crippen molar-refractivity contribution in [3.63, 3.8) is 0 Å². The van der Waals surface area contributed by atoms with Gasteiger partial charge in [-0.3, -0.25) is 4.79 Å². The van der Waals surface area contributed by atoms with Gasteiger partial charge >= 0.3 is 0 Å². The molecule has 106 valence electrons. The Hall–Kier alpha value is -0.980. The molecule has 0 radical (unpaired) electrons. The van der Waals surface area contributed by atoms with E-state index >= 15 is 0 Å². The summed E-state index contributed by atoms with van der Waals surface area (Å²) in [5.41, 5.74) is 6.03. The smallest absolute Gasteiger partial charge is 0.242 e. The Bertz CT molecular complexity index is 579. The second-order valence-corrected chi connectivity index (χ2v) is 7.37. The molecular weight excluding hydrogens is 311 g/mol. The van der Waals surface area contributed by atoms with Crippen LogP contribution in [-0.4, -0.2) is 25.3 Å². The predicted molar refractivity (Wildman–Crippen MR) is 78.4 cm³/mol. The molecule has 8 heteroatoms. The van der Waals surface area contributed by atoms with Crippen LogP contribution in [0.25, 0.3) is 0 Å². The highest BCUT2D eigenvalue weighted by Gasteiger charge is 2.27. The van der Waals surface area contributed by atoms with Crippen molar-refractivity contribution >= 4 is 50.3 Å². The van der Waals surface area contributed by atoms with Crippen molar-refractivity contribution in [2.45, 2.75) is 19.1 Å². The van der Waals surface area contributed by atoms with Gasteiger partial charge in [-0.25, -0.2) is 8.42 Å². The van der Waals surface area contributed by atoms with Crippen LogP contribution in [0.4, 0.5) is 11.4 Å². The summed E-state index contributed by atoms with van der Waals surface area (Å²) in [6.45, 7) is 2.79. The molecule has 0 aromatic heterocycles. The van der Waals surface area contributed by atoms with Crippen molar-refractivity contribution in [1.29, 1.82) is 0 Å². The number of halogens is 2. The molecule has 5 nitrogen and oxygen atoms in total. The third-order valence-electron chi connectivity index (χ3n) is 2.62.